The summed E-state index contributed by atoms with van der Waals surface area (Å²) < 4.78 is 0. The minimum Gasteiger partial charge on any atom is -0.338 e. The molecule has 0 N–H and O–H groups in total. The van der Waals surface area contributed by atoms with E-state index in [1.165, 1.54) is 10.5 Å². The van der Waals surface area contributed by atoms with Gasteiger partial charge in [0.25, 0.3) is 5.24 Å². The summed E-state index contributed by atoms with van der Waals surface area (Å²) >= 11 is 1.04. The van der Waals surface area contributed by atoms with Crippen molar-refractivity contribution in [2.45, 2.75) is 25.8 Å². The van der Waals surface area contributed by atoms with Crippen LogP contribution in [0.5, 0.6) is 0 Å². The van der Waals surface area contributed by atoms with Gasteiger partial charge in [0.05, 0.1) is 11.8 Å². The SMILES string of the molecule is Cc1cccc(CCC(=O)N2CC(N3C(=O)CSC3=O)C2)c1. The molecule has 0 radical (unpaired) electrons. The molecule has 3 amide bonds. The Morgan fingerprint density at radius 2 is 2.09 bits per heavy atom. The average molecular weight is 318 g/mol. The highest BCUT2D eigenvalue weighted by molar-refractivity contribution is 8.14. The molecule has 0 saturated carbocycles. The van der Waals surface area contributed by atoms with Crippen molar-refractivity contribution in [1.82, 2.24) is 9.80 Å². The molecule has 6 heteroatoms. The molecule has 2 heterocycles. The Balaban J connectivity index is 1.47. The smallest absolute Gasteiger partial charge is 0.289 e. The van der Waals surface area contributed by atoms with Crippen molar-refractivity contribution in [3.05, 3.63) is 35.4 Å². The number of imide groups is 1. The van der Waals surface area contributed by atoms with Crippen molar-refractivity contribution < 1.29 is 14.4 Å². The van der Waals surface area contributed by atoms with E-state index in [0.29, 0.717) is 19.5 Å². The van der Waals surface area contributed by atoms with Crippen LogP contribution < -0.4 is 0 Å². The van der Waals surface area contributed by atoms with Crippen LogP contribution in [0.4, 0.5) is 4.79 Å². The zero-order valence-electron chi connectivity index (χ0n) is 12.4. The van der Waals surface area contributed by atoms with Crippen molar-refractivity contribution in [3.63, 3.8) is 0 Å². The van der Waals surface area contributed by atoms with Crippen LogP contribution in [-0.2, 0) is 16.0 Å². The largest absolute Gasteiger partial charge is 0.338 e. The molecule has 0 bridgehead atoms. The van der Waals surface area contributed by atoms with Gasteiger partial charge >= 0.3 is 0 Å². The van der Waals surface area contributed by atoms with Crippen molar-refractivity contribution in [3.8, 4) is 0 Å². The number of rotatable bonds is 4. The predicted molar refractivity (Wildman–Crippen MR) is 84.6 cm³/mol. The summed E-state index contributed by atoms with van der Waals surface area (Å²) in [6, 6.07) is 8.02. The van der Waals surface area contributed by atoms with E-state index in [0.717, 1.165) is 23.7 Å². The maximum absolute atomic E-state index is 12.1. The first-order valence-corrected chi connectivity index (χ1v) is 8.35. The standard InChI is InChI=1S/C16H18N2O3S/c1-11-3-2-4-12(7-11)5-6-14(19)17-8-13(9-17)18-15(20)10-22-16(18)21/h2-4,7,13H,5-6,8-10H2,1H3. The molecule has 0 unspecified atom stereocenters. The van der Waals surface area contributed by atoms with E-state index >= 15 is 0 Å². The second-order valence-corrected chi connectivity index (χ2v) is 6.69. The fourth-order valence-electron chi connectivity index (χ4n) is 2.82. The lowest BCUT2D eigenvalue weighted by atomic mass is 10.0. The molecule has 2 saturated heterocycles. The zero-order chi connectivity index (χ0) is 15.7. The number of hydrogen-bond donors (Lipinski definition) is 0. The topological polar surface area (TPSA) is 57.7 Å². The van der Waals surface area contributed by atoms with Crippen LogP contribution in [0.3, 0.4) is 0 Å². The minimum atomic E-state index is -0.179. The van der Waals surface area contributed by atoms with Gasteiger partial charge in [-0.15, -0.1) is 0 Å². The lowest BCUT2D eigenvalue weighted by Gasteiger charge is -2.42. The molecule has 1 aromatic carbocycles. The molecular weight excluding hydrogens is 300 g/mol. The second-order valence-electron chi connectivity index (χ2n) is 5.76. The van der Waals surface area contributed by atoms with Gasteiger partial charge in [-0.2, -0.15) is 0 Å². The summed E-state index contributed by atoms with van der Waals surface area (Å²) in [6.45, 7) is 2.99. The van der Waals surface area contributed by atoms with E-state index < -0.39 is 0 Å². The molecule has 2 aliphatic rings. The molecule has 5 nitrogen and oxygen atoms in total. The first kappa shape index (κ1) is 15.1. The molecule has 0 atom stereocenters. The highest BCUT2D eigenvalue weighted by Gasteiger charge is 2.43. The summed E-state index contributed by atoms with van der Waals surface area (Å²) in [5.41, 5.74) is 2.35. The van der Waals surface area contributed by atoms with Crippen LogP contribution in [-0.4, -0.2) is 51.7 Å². The van der Waals surface area contributed by atoms with E-state index in [2.05, 4.69) is 6.07 Å². The molecular formula is C16H18N2O3S. The molecule has 2 fully saturated rings. The van der Waals surface area contributed by atoms with Crippen LogP contribution >= 0.6 is 11.8 Å². The van der Waals surface area contributed by atoms with Crippen molar-refractivity contribution in [2.75, 3.05) is 18.8 Å². The monoisotopic (exact) mass is 318 g/mol. The molecule has 0 aromatic heterocycles. The molecule has 0 spiro atoms. The Morgan fingerprint density at radius 3 is 2.73 bits per heavy atom. The molecule has 2 aliphatic heterocycles. The Bertz CT molecular complexity index is 610. The molecule has 116 valence electrons. The first-order valence-electron chi connectivity index (χ1n) is 7.37. The average Bonchev–Trinajstić information content (AvgIpc) is 2.76. The molecule has 1 aromatic rings. The van der Waals surface area contributed by atoms with Crippen LogP contribution in [0, 0.1) is 6.92 Å². The number of carbonyl (C=O) groups is 3. The number of likely N-dealkylation sites (tertiary alicyclic amines) is 1. The fraction of sp³-hybridized carbons (Fsp3) is 0.438. The minimum absolute atomic E-state index is 0.0875. The normalized spacial score (nSPS) is 18.8. The van der Waals surface area contributed by atoms with Crippen LogP contribution in [0.1, 0.15) is 17.5 Å². The number of benzene rings is 1. The maximum atomic E-state index is 12.1. The maximum Gasteiger partial charge on any atom is 0.289 e. The van der Waals surface area contributed by atoms with E-state index in [-0.39, 0.29) is 28.8 Å². The molecule has 0 aliphatic carbocycles. The van der Waals surface area contributed by atoms with Crippen molar-refractivity contribution in [1.29, 1.82) is 0 Å². The number of amides is 3. The van der Waals surface area contributed by atoms with Crippen LogP contribution in [0.2, 0.25) is 0 Å². The quantitative estimate of drug-likeness (QED) is 0.850. The number of carbonyl (C=O) groups excluding carboxylic acids is 3. The van der Waals surface area contributed by atoms with E-state index in [1.807, 2.05) is 25.1 Å². The summed E-state index contributed by atoms with van der Waals surface area (Å²) in [5, 5.41) is -0.179. The van der Waals surface area contributed by atoms with Gasteiger partial charge in [0, 0.05) is 19.5 Å². The predicted octanol–water partition coefficient (Wildman–Crippen LogP) is 1.83. The third-order valence-corrected chi connectivity index (χ3v) is 4.91. The van der Waals surface area contributed by atoms with Gasteiger partial charge in [0.15, 0.2) is 0 Å². The van der Waals surface area contributed by atoms with Gasteiger partial charge in [0.1, 0.15) is 0 Å². The Morgan fingerprint density at radius 1 is 1.32 bits per heavy atom. The van der Waals surface area contributed by atoms with Gasteiger partial charge in [-0.25, -0.2) is 0 Å². The van der Waals surface area contributed by atoms with Gasteiger partial charge in [-0.1, -0.05) is 41.6 Å². The summed E-state index contributed by atoms with van der Waals surface area (Å²) in [4.78, 5) is 38.4. The zero-order valence-corrected chi connectivity index (χ0v) is 13.3. The van der Waals surface area contributed by atoms with E-state index in [1.54, 1.807) is 4.90 Å². The Hall–Kier alpha value is -1.82. The van der Waals surface area contributed by atoms with Crippen LogP contribution in [0.25, 0.3) is 0 Å². The summed E-state index contributed by atoms with van der Waals surface area (Å²) in [6.07, 6.45) is 1.19. The summed E-state index contributed by atoms with van der Waals surface area (Å²) in [7, 11) is 0. The van der Waals surface area contributed by atoms with Crippen LogP contribution in [0.15, 0.2) is 24.3 Å². The highest BCUT2D eigenvalue weighted by Crippen LogP contribution is 2.26. The lowest BCUT2D eigenvalue weighted by Crippen LogP contribution is -2.62. The molecule has 22 heavy (non-hydrogen) atoms. The lowest BCUT2D eigenvalue weighted by molar-refractivity contribution is -0.142. The Labute approximate surface area is 133 Å². The van der Waals surface area contributed by atoms with Gasteiger partial charge in [-0.05, 0) is 18.9 Å². The number of aryl methyl sites for hydroxylation is 2. The van der Waals surface area contributed by atoms with E-state index in [9.17, 15) is 14.4 Å². The van der Waals surface area contributed by atoms with Gasteiger partial charge < -0.3 is 4.90 Å². The fourth-order valence-corrected chi connectivity index (χ4v) is 3.59. The first-order chi connectivity index (χ1) is 10.5. The third kappa shape index (κ3) is 3.02. The number of hydrogen-bond acceptors (Lipinski definition) is 4. The van der Waals surface area contributed by atoms with Crippen molar-refractivity contribution in [2.24, 2.45) is 0 Å². The van der Waals surface area contributed by atoms with E-state index in [4.69, 9.17) is 0 Å². The van der Waals surface area contributed by atoms with Gasteiger partial charge in [-0.3, -0.25) is 19.3 Å². The van der Waals surface area contributed by atoms with Gasteiger partial charge in [0.2, 0.25) is 11.8 Å². The number of nitrogens with zero attached hydrogens (tertiary/aromatic N) is 2. The second kappa shape index (κ2) is 6.12. The van der Waals surface area contributed by atoms with Crippen molar-refractivity contribution >= 4 is 28.8 Å². The highest BCUT2D eigenvalue weighted by atomic mass is 32.2. The summed E-state index contributed by atoms with van der Waals surface area (Å²) in [5.74, 6) is 0.188. The molecule has 3 rings (SSSR count). The Kier molecular flexibility index (Phi) is 4.20. The number of thioether (sulfide) groups is 1. The third-order valence-electron chi connectivity index (χ3n) is 4.07.